The second kappa shape index (κ2) is 6.06. The standard InChI is InChI=1S/C11H5Br4ClS/c12-8-3-5(16)1-2-6(8)10(14)7-4-9(13)17-11(7)15/h1-4,10H. The van der Waals surface area contributed by atoms with Crippen molar-refractivity contribution in [3.8, 4) is 0 Å². The minimum absolute atomic E-state index is 0.131. The van der Waals surface area contributed by atoms with Gasteiger partial charge in [0.2, 0.25) is 0 Å². The number of hydrogen-bond donors (Lipinski definition) is 0. The van der Waals surface area contributed by atoms with Crippen molar-refractivity contribution in [3.05, 3.63) is 52.5 Å². The number of halogens is 5. The summed E-state index contributed by atoms with van der Waals surface area (Å²) in [6, 6.07) is 7.92. The Hall–Kier alpha value is 1.13. The van der Waals surface area contributed by atoms with Gasteiger partial charge < -0.3 is 0 Å². The Morgan fingerprint density at radius 3 is 2.29 bits per heavy atom. The summed E-state index contributed by atoms with van der Waals surface area (Å²) < 4.78 is 3.23. The third-order valence-corrected chi connectivity index (χ3v) is 6.49. The zero-order valence-electron chi connectivity index (χ0n) is 8.18. The first-order chi connectivity index (χ1) is 7.99. The van der Waals surface area contributed by atoms with E-state index in [1.165, 1.54) is 5.56 Å². The molecule has 6 heteroatoms. The van der Waals surface area contributed by atoms with Crippen LogP contribution in [0.25, 0.3) is 0 Å². The maximum absolute atomic E-state index is 5.94. The Labute approximate surface area is 142 Å². The molecular weight excluding hydrogens is 519 g/mol. The van der Waals surface area contributed by atoms with Gasteiger partial charge in [0, 0.05) is 9.50 Å². The molecule has 1 heterocycles. The zero-order chi connectivity index (χ0) is 12.6. The van der Waals surface area contributed by atoms with Gasteiger partial charge >= 0.3 is 0 Å². The lowest BCUT2D eigenvalue weighted by Crippen LogP contribution is -1.92. The van der Waals surface area contributed by atoms with Crippen LogP contribution in [0.1, 0.15) is 16.0 Å². The fourth-order valence-corrected chi connectivity index (χ4v) is 6.74. The highest BCUT2D eigenvalue weighted by Crippen LogP contribution is 2.43. The van der Waals surface area contributed by atoms with E-state index < -0.39 is 0 Å². The molecule has 0 aliphatic carbocycles. The lowest BCUT2D eigenvalue weighted by Gasteiger charge is -2.12. The van der Waals surface area contributed by atoms with Crippen molar-refractivity contribution in [1.82, 2.24) is 0 Å². The third-order valence-electron chi connectivity index (χ3n) is 2.19. The van der Waals surface area contributed by atoms with Crippen LogP contribution in [0.5, 0.6) is 0 Å². The van der Waals surface area contributed by atoms with Crippen LogP contribution in [0.4, 0.5) is 0 Å². The number of alkyl halides is 1. The van der Waals surface area contributed by atoms with Crippen molar-refractivity contribution in [2.75, 3.05) is 0 Å². The average molecular weight is 524 g/mol. The van der Waals surface area contributed by atoms with E-state index in [1.54, 1.807) is 11.3 Å². The summed E-state index contributed by atoms with van der Waals surface area (Å²) in [6.07, 6.45) is 0. The summed E-state index contributed by atoms with van der Waals surface area (Å²) >= 11 is 21.9. The highest BCUT2D eigenvalue weighted by Gasteiger charge is 2.18. The Morgan fingerprint density at radius 1 is 1.06 bits per heavy atom. The molecule has 1 aromatic heterocycles. The van der Waals surface area contributed by atoms with Crippen LogP contribution in [0.15, 0.2) is 36.3 Å². The van der Waals surface area contributed by atoms with Crippen LogP contribution in [-0.2, 0) is 0 Å². The highest BCUT2D eigenvalue weighted by molar-refractivity contribution is 9.12. The van der Waals surface area contributed by atoms with Crippen molar-refractivity contribution in [2.45, 2.75) is 4.83 Å². The molecule has 2 rings (SSSR count). The molecule has 0 saturated heterocycles. The Balaban J connectivity index is 2.43. The third kappa shape index (κ3) is 3.37. The Bertz CT molecular complexity index is 552. The fraction of sp³-hybridized carbons (Fsp3) is 0.0909. The molecule has 0 saturated carbocycles. The summed E-state index contributed by atoms with van der Waals surface area (Å²) in [5.74, 6) is 0. The second-order valence-corrected chi connectivity index (χ2v) is 9.26. The quantitative estimate of drug-likeness (QED) is 0.366. The normalized spacial score (nSPS) is 12.8. The molecule has 1 aromatic carbocycles. The molecule has 0 fully saturated rings. The minimum atomic E-state index is 0.131. The molecule has 0 aliphatic rings. The molecule has 90 valence electrons. The van der Waals surface area contributed by atoms with Crippen LogP contribution in [0, 0.1) is 0 Å². The SMILES string of the molecule is Clc1ccc(C(Br)c2cc(Br)sc2Br)c(Br)c1. The van der Waals surface area contributed by atoms with E-state index in [1.807, 2.05) is 18.2 Å². The largest absolute Gasteiger partial charge is 0.121 e. The van der Waals surface area contributed by atoms with Crippen molar-refractivity contribution < 1.29 is 0 Å². The van der Waals surface area contributed by atoms with E-state index in [2.05, 4.69) is 69.8 Å². The smallest absolute Gasteiger partial charge is 0.0757 e. The molecule has 0 radical (unpaired) electrons. The summed E-state index contributed by atoms with van der Waals surface area (Å²) in [5.41, 5.74) is 2.35. The van der Waals surface area contributed by atoms with E-state index in [-0.39, 0.29) is 4.83 Å². The van der Waals surface area contributed by atoms with Crippen LogP contribution < -0.4 is 0 Å². The second-order valence-electron chi connectivity index (χ2n) is 3.31. The van der Waals surface area contributed by atoms with Gasteiger partial charge in [-0.3, -0.25) is 0 Å². The first kappa shape index (κ1) is 14.5. The van der Waals surface area contributed by atoms with Crippen LogP contribution in [-0.4, -0.2) is 0 Å². The summed E-state index contributed by atoms with van der Waals surface area (Å²) in [5, 5.41) is 0.728. The van der Waals surface area contributed by atoms with Crippen molar-refractivity contribution in [2.24, 2.45) is 0 Å². The maximum Gasteiger partial charge on any atom is 0.0757 e. The predicted molar refractivity (Wildman–Crippen MR) is 89.6 cm³/mol. The van der Waals surface area contributed by atoms with Crippen molar-refractivity contribution in [3.63, 3.8) is 0 Å². The Kier molecular flexibility index (Phi) is 5.18. The molecule has 0 N–H and O–H groups in total. The van der Waals surface area contributed by atoms with E-state index in [4.69, 9.17) is 11.6 Å². The molecule has 0 amide bonds. The van der Waals surface area contributed by atoms with E-state index >= 15 is 0 Å². The van der Waals surface area contributed by atoms with Crippen molar-refractivity contribution >= 4 is 86.7 Å². The van der Waals surface area contributed by atoms with Gasteiger partial charge in [-0.25, -0.2) is 0 Å². The molecule has 0 nitrogen and oxygen atoms in total. The van der Waals surface area contributed by atoms with Gasteiger partial charge in [-0.05, 0) is 61.2 Å². The van der Waals surface area contributed by atoms with E-state index in [9.17, 15) is 0 Å². The van der Waals surface area contributed by atoms with Gasteiger partial charge in [-0.15, -0.1) is 11.3 Å². The van der Waals surface area contributed by atoms with Crippen molar-refractivity contribution in [1.29, 1.82) is 0 Å². The van der Waals surface area contributed by atoms with Crippen LogP contribution >= 0.6 is 86.7 Å². The highest BCUT2D eigenvalue weighted by atomic mass is 79.9. The van der Waals surface area contributed by atoms with Gasteiger partial charge in [-0.2, -0.15) is 0 Å². The monoisotopic (exact) mass is 520 g/mol. The topological polar surface area (TPSA) is 0 Å². The predicted octanol–water partition coefficient (Wildman–Crippen LogP) is 7.17. The Morgan fingerprint density at radius 2 is 1.76 bits per heavy atom. The maximum atomic E-state index is 5.94. The molecule has 1 unspecified atom stereocenters. The number of rotatable bonds is 2. The molecular formula is C11H5Br4ClS. The van der Waals surface area contributed by atoms with Crippen LogP contribution in [0.2, 0.25) is 5.02 Å². The molecule has 1 atom stereocenters. The van der Waals surface area contributed by atoms with Gasteiger partial charge in [0.05, 0.1) is 12.4 Å². The van der Waals surface area contributed by atoms with Gasteiger partial charge in [0.1, 0.15) is 0 Å². The number of thiophene rings is 1. The lowest BCUT2D eigenvalue weighted by molar-refractivity contribution is 1.17. The average Bonchev–Trinajstić information content (AvgIpc) is 2.57. The first-order valence-electron chi connectivity index (χ1n) is 4.53. The molecule has 17 heavy (non-hydrogen) atoms. The summed E-state index contributed by atoms with van der Waals surface area (Å²) in [6.45, 7) is 0. The van der Waals surface area contributed by atoms with E-state index in [0.29, 0.717) is 0 Å². The molecule has 0 aliphatic heterocycles. The minimum Gasteiger partial charge on any atom is -0.121 e. The van der Waals surface area contributed by atoms with Crippen LogP contribution in [0.3, 0.4) is 0 Å². The van der Waals surface area contributed by atoms with Gasteiger partial charge in [0.25, 0.3) is 0 Å². The number of hydrogen-bond acceptors (Lipinski definition) is 1. The van der Waals surface area contributed by atoms with Gasteiger partial charge in [0.15, 0.2) is 0 Å². The molecule has 0 bridgehead atoms. The van der Waals surface area contributed by atoms with E-state index in [0.717, 1.165) is 22.6 Å². The molecule has 2 aromatic rings. The lowest BCUT2D eigenvalue weighted by atomic mass is 10.1. The molecule has 0 spiro atoms. The summed E-state index contributed by atoms with van der Waals surface area (Å²) in [7, 11) is 0. The fourth-order valence-electron chi connectivity index (χ4n) is 1.40. The number of benzene rings is 1. The van der Waals surface area contributed by atoms with Gasteiger partial charge in [-0.1, -0.05) is 49.5 Å². The zero-order valence-corrected chi connectivity index (χ0v) is 16.1. The summed E-state index contributed by atoms with van der Waals surface area (Å²) in [4.78, 5) is 0.131. The first-order valence-corrected chi connectivity index (χ1v) is 9.01.